The molecule has 0 atom stereocenters. The average Bonchev–Trinajstić information content (AvgIpc) is 2.61. The smallest absolute Gasteiger partial charge is 0.260 e. The predicted molar refractivity (Wildman–Crippen MR) is 91.8 cm³/mol. The highest BCUT2D eigenvalue weighted by Gasteiger charge is 2.14. The summed E-state index contributed by atoms with van der Waals surface area (Å²) in [5.41, 5.74) is 4.28. The number of aromatic nitrogens is 1. The van der Waals surface area contributed by atoms with Crippen LogP contribution in [-0.2, 0) is 6.54 Å². The molecule has 0 unspecified atom stereocenters. The van der Waals surface area contributed by atoms with Crippen molar-refractivity contribution in [1.29, 1.82) is 0 Å². The fourth-order valence-corrected chi connectivity index (χ4v) is 2.48. The minimum Gasteiger partial charge on any atom is -0.303 e. The fourth-order valence-electron chi connectivity index (χ4n) is 2.48. The summed E-state index contributed by atoms with van der Waals surface area (Å²) in [5, 5.41) is 2.34. The summed E-state index contributed by atoms with van der Waals surface area (Å²) in [5.74, 6) is -0.123. The third-order valence-corrected chi connectivity index (χ3v) is 3.58. The van der Waals surface area contributed by atoms with Crippen LogP contribution in [0.3, 0.4) is 0 Å². The number of amides is 1. The van der Waals surface area contributed by atoms with E-state index < -0.39 is 0 Å². The molecule has 0 saturated carbocycles. The van der Waals surface area contributed by atoms with Gasteiger partial charge in [-0.1, -0.05) is 43.0 Å². The second kappa shape index (κ2) is 6.73. The number of pyridine rings is 1. The molecule has 0 aliphatic rings. The number of nitrogens with zero attached hydrogens (tertiary/aromatic N) is 2. The van der Waals surface area contributed by atoms with Gasteiger partial charge in [0.2, 0.25) is 0 Å². The van der Waals surface area contributed by atoms with Crippen molar-refractivity contribution in [3.63, 3.8) is 0 Å². The highest BCUT2D eigenvalue weighted by Crippen LogP contribution is 2.18. The number of rotatable bonds is 4. The molecule has 2 aromatic carbocycles. The molecule has 3 aromatic rings. The molecule has 1 aromatic heterocycles. The number of fused-ring (bicyclic) bond motifs is 1. The van der Waals surface area contributed by atoms with Gasteiger partial charge in [-0.3, -0.25) is 9.78 Å². The Kier molecular flexibility index (Phi) is 4.32. The standard InChI is InChI=1S/C20H16N2O/c1-2-12-22(20(23)19-8-5-11-21-14-19)15-16-9-10-17-6-3-4-7-18(17)13-16/h3-14H,1,15H2. The summed E-state index contributed by atoms with van der Waals surface area (Å²) >= 11 is 0. The first kappa shape index (κ1) is 14.8. The first-order valence-corrected chi connectivity index (χ1v) is 7.32. The van der Waals surface area contributed by atoms with Crippen molar-refractivity contribution in [3.8, 4) is 0 Å². The third-order valence-electron chi connectivity index (χ3n) is 3.58. The predicted octanol–water partition coefficient (Wildman–Crippen LogP) is 4.18. The molecule has 0 spiro atoms. The van der Waals surface area contributed by atoms with Crippen LogP contribution in [-0.4, -0.2) is 15.8 Å². The SMILES string of the molecule is C=C=CN(Cc1ccc2ccccc2c1)C(=O)c1cccnc1. The van der Waals surface area contributed by atoms with Crippen LogP contribution in [0, 0.1) is 0 Å². The van der Waals surface area contributed by atoms with Gasteiger partial charge in [0.05, 0.1) is 12.1 Å². The Morgan fingerprint density at radius 1 is 1.13 bits per heavy atom. The fraction of sp³-hybridized carbons (Fsp3) is 0.0500. The zero-order valence-corrected chi connectivity index (χ0v) is 12.6. The van der Waals surface area contributed by atoms with E-state index in [4.69, 9.17) is 0 Å². The molecule has 0 N–H and O–H groups in total. The largest absolute Gasteiger partial charge is 0.303 e. The van der Waals surface area contributed by atoms with Crippen molar-refractivity contribution in [2.75, 3.05) is 0 Å². The summed E-state index contributed by atoms with van der Waals surface area (Å²) in [4.78, 5) is 18.2. The molecular weight excluding hydrogens is 284 g/mol. The molecule has 0 bridgehead atoms. The molecule has 112 valence electrons. The number of hydrogen-bond donors (Lipinski definition) is 0. The van der Waals surface area contributed by atoms with Crippen LogP contribution in [0.4, 0.5) is 0 Å². The first-order chi connectivity index (χ1) is 11.3. The topological polar surface area (TPSA) is 33.2 Å². The van der Waals surface area contributed by atoms with Crippen molar-refractivity contribution in [3.05, 3.63) is 96.6 Å². The summed E-state index contributed by atoms with van der Waals surface area (Å²) in [7, 11) is 0. The highest BCUT2D eigenvalue weighted by molar-refractivity contribution is 5.94. The molecule has 0 fully saturated rings. The zero-order chi connectivity index (χ0) is 16.1. The highest BCUT2D eigenvalue weighted by atomic mass is 16.2. The number of carbonyl (C=O) groups is 1. The van der Waals surface area contributed by atoms with E-state index in [2.05, 4.69) is 41.6 Å². The maximum Gasteiger partial charge on any atom is 0.260 e. The van der Waals surface area contributed by atoms with Gasteiger partial charge in [0.25, 0.3) is 5.91 Å². The van der Waals surface area contributed by atoms with Gasteiger partial charge in [-0.2, -0.15) is 0 Å². The van der Waals surface area contributed by atoms with E-state index in [0.717, 1.165) is 10.9 Å². The maximum absolute atomic E-state index is 12.6. The summed E-state index contributed by atoms with van der Waals surface area (Å²) in [6.45, 7) is 4.04. The zero-order valence-electron chi connectivity index (χ0n) is 12.6. The Morgan fingerprint density at radius 2 is 1.96 bits per heavy atom. The molecular formula is C20H16N2O. The van der Waals surface area contributed by atoms with Crippen LogP contribution in [0.5, 0.6) is 0 Å². The van der Waals surface area contributed by atoms with Crippen molar-refractivity contribution in [1.82, 2.24) is 9.88 Å². The summed E-state index contributed by atoms with van der Waals surface area (Å²) in [6.07, 6.45) is 4.78. The van der Waals surface area contributed by atoms with E-state index in [1.165, 1.54) is 5.39 Å². The molecule has 0 aliphatic heterocycles. The molecule has 0 radical (unpaired) electrons. The number of benzene rings is 2. The second-order valence-corrected chi connectivity index (χ2v) is 5.19. The molecule has 1 heterocycles. The Hall–Kier alpha value is -3.16. The van der Waals surface area contributed by atoms with E-state index >= 15 is 0 Å². The molecule has 0 saturated heterocycles. The van der Waals surface area contributed by atoms with Gasteiger partial charge in [-0.05, 0) is 34.5 Å². The first-order valence-electron chi connectivity index (χ1n) is 7.32. The lowest BCUT2D eigenvalue weighted by atomic mass is 10.1. The van der Waals surface area contributed by atoms with Gasteiger partial charge >= 0.3 is 0 Å². The quantitative estimate of drug-likeness (QED) is 0.677. The van der Waals surface area contributed by atoms with Crippen molar-refractivity contribution >= 4 is 16.7 Å². The minimum absolute atomic E-state index is 0.123. The Bertz CT molecular complexity index is 880. The third kappa shape index (κ3) is 3.37. The molecule has 3 nitrogen and oxygen atoms in total. The van der Waals surface area contributed by atoms with E-state index in [-0.39, 0.29) is 5.91 Å². The van der Waals surface area contributed by atoms with Crippen LogP contribution in [0.15, 0.2) is 85.5 Å². The van der Waals surface area contributed by atoms with E-state index in [0.29, 0.717) is 12.1 Å². The minimum atomic E-state index is -0.123. The Balaban J connectivity index is 1.89. The average molecular weight is 300 g/mol. The van der Waals surface area contributed by atoms with Gasteiger partial charge in [-0.25, -0.2) is 0 Å². The maximum atomic E-state index is 12.6. The van der Waals surface area contributed by atoms with Gasteiger partial charge in [-0.15, -0.1) is 5.73 Å². The molecule has 3 rings (SSSR count). The lowest BCUT2D eigenvalue weighted by Gasteiger charge is -2.18. The number of hydrogen-bond acceptors (Lipinski definition) is 2. The second-order valence-electron chi connectivity index (χ2n) is 5.19. The summed E-state index contributed by atoms with van der Waals surface area (Å²) < 4.78 is 0. The monoisotopic (exact) mass is 300 g/mol. The molecule has 3 heteroatoms. The molecule has 23 heavy (non-hydrogen) atoms. The van der Waals surface area contributed by atoms with Crippen molar-refractivity contribution in [2.45, 2.75) is 6.54 Å². The van der Waals surface area contributed by atoms with Crippen LogP contribution in [0.1, 0.15) is 15.9 Å². The number of carbonyl (C=O) groups excluding carboxylic acids is 1. The van der Waals surface area contributed by atoms with E-state index in [1.807, 2.05) is 18.2 Å². The van der Waals surface area contributed by atoms with Gasteiger partial charge < -0.3 is 4.90 Å². The van der Waals surface area contributed by atoms with Gasteiger partial charge in [0.1, 0.15) is 0 Å². The Morgan fingerprint density at radius 3 is 2.70 bits per heavy atom. The Labute approximate surface area is 135 Å². The van der Waals surface area contributed by atoms with Crippen LogP contribution in [0.25, 0.3) is 10.8 Å². The van der Waals surface area contributed by atoms with E-state index in [9.17, 15) is 4.79 Å². The lowest BCUT2D eigenvalue weighted by molar-refractivity contribution is 0.0813. The van der Waals surface area contributed by atoms with Gasteiger partial charge in [0.15, 0.2) is 0 Å². The van der Waals surface area contributed by atoms with Gasteiger partial charge in [0, 0.05) is 18.6 Å². The normalized spacial score (nSPS) is 10.1. The van der Waals surface area contributed by atoms with E-state index in [1.54, 1.807) is 35.6 Å². The molecule has 0 aliphatic carbocycles. The summed E-state index contributed by atoms with van der Waals surface area (Å²) in [6, 6.07) is 17.8. The van der Waals surface area contributed by atoms with Crippen LogP contribution >= 0.6 is 0 Å². The molecule has 1 amide bonds. The lowest BCUT2D eigenvalue weighted by Crippen LogP contribution is -2.25. The van der Waals surface area contributed by atoms with Crippen LogP contribution < -0.4 is 0 Å². The van der Waals surface area contributed by atoms with Crippen LogP contribution in [0.2, 0.25) is 0 Å². The van der Waals surface area contributed by atoms with Crippen molar-refractivity contribution in [2.24, 2.45) is 0 Å². The van der Waals surface area contributed by atoms with Crippen molar-refractivity contribution < 1.29 is 4.79 Å².